The second kappa shape index (κ2) is 7.13. The van der Waals surface area contributed by atoms with Gasteiger partial charge in [-0.3, -0.25) is 0 Å². The molecular weight excluding hydrogens is 463 g/mol. The van der Waals surface area contributed by atoms with Crippen LogP contribution in [0.4, 0.5) is 0 Å². The zero-order chi connectivity index (χ0) is 15.4. The molecule has 1 atom stereocenters. The van der Waals surface area contributed by atoms with Gasteiger partial charge in [-0.15, -0.1) is 0 Å². The summed E-state index contributed by atoms with van der Waals surface area (Å²) in [6.45, 7) is 1.58. The van der Waals surface area contributed by atoms with E-state index in [4.69, 9.17) is 7.38 Å². The standard InChI is InChI=1S/C12H12NO3.C2H4O2.Hg/c1-8(16-2)7-13-11(14)9-5-3-4-6-10(9)12(13)15;1-2(3)4;/h3-6,8H,1,7H2,2H3;1H3,(H,3,4);/q;;+1/p-1. The number of methoxy groups -OCH3 is 1. The van der Waals surface area contributed by atoms with Crippen LogP contribution >= 0.6 is 0 Å². The van der Waals surface area contributed by atoms with E-state index < -0.39 is 25.0 Å². The van der Waals surface area contributed by atoms with Crippen LogP contribution in [0, 0.1) is 0 Å². The summed E-state index contributed by atoms with van der Waals surface area (Å²) in [4.78, 5) is 36.4. The van der Waals surface area contributed by atoms with Crippen molar-refractivity contribution in [3.63, 3.8) is 0 Å². The number of rotatable bonds is 6. The first-order valence-electron chi connectivity index (χ1n) is 6.66. The summed E-state index contributed by atoms with van der Waals surface area (Å²) in [5.74, 6) is -0.851. The molecule has 0 saturated carbocycles. The molecule has 1 heterocycles. The van der Waals surface area contributed by atoms with Crippen LogP contribution in [0.1, 0.15) is 27.6 Å². The third kappa shape index (κ3) is 3.68. The summed E-state index contributed by atoms with van der Waals surface area (Å²) >= 11 is -1.80. The fraction of sp³-hybridized carbons (Fsp3) is 0.357. The molecule has 1 aromatic rings. The molecule has 0 bridgehead atoms. The fourth-order valence-electron chi connectivity index (χ4n) is 2.23. The van der Waals surface area contributed by atoms with Gasteiger partial charge in [-0.2, -0.15) is 0 Å². The third-order valence-electron chi connectivity index (χ3n) is 3.34. The number of hydrogen-bond acceptors (Lipinski definition) is 5. The van der Waals surface area contributed by atoms with Crippen LogP contribution in [-0.2, 0) is 37.2 Å². The third-order valence-corrected chi connectivity index (χ3v) is 9.14. The van der Waals surface area contributed by atoms with Crippen molar-refractivity contribution in [3.8, 4) is 0 Å². The zero-order valence-corrected chi connectivity index (χ0v) is 17.5. The predicted molar refractivity (Wildman–Crippen MR) is 69.2 cm³/mol. The number of fused-ring (bicyclic) bond motifs is 1. The predicted octanol–water partition coefficient (Wildman–Crippen LogP) is 1.28. The van der Waals surface area contributed by atoms with Gasteiger partial charge in [-0.25, -0.2) is 0 Å². The van der Waals surface area contributed by atoms with Crippen molar-refractivity contribution in [1.29, 1.82) is 0 Å². The second-order valence-electron chi connectivity index (χ2n) is 4.75. The molecule has 0 aliphatic carbocycles. The van der Waals surface area contributed by atoms with Gasteiger partial charge in [-0.1, -0.05) is 0 Å². The molecule has 0 fully saturated rings. The number of benzene rings is 1. The zero-order valence-electron chi connectivity index (χ0n) is 12.0. The number of carbonyl (C=O) groups is 3. The summed E-state index contributed by atoms with van der Waals surface area (Å²) in [7, 11) is 1.53. The molecule has 1 unspecified atom stereocenters. The quantitative estimate of drug-likeness (QED) is 0.456. The molecule has 0 aromatic heterocycles. The summed E-state index contributed by atoms with van der Waals surface area (Å²) < 4.78 is 11.0. The van der Waals surface area contributed by atoms with E-state index in [9.17, 15) is 14.4 Å². The maximum atomic E-state index is 12.2. The van der Waals surface area contributed by atoms with Gasteiger partial charge in [0.05, 0.1) is 0 Å². The van der Waals surface area contributed by atoms with Crippen LogP contribution in [0.2, 0.25) is 3.93 Å². The Bertz CT molecular complexity index is 539. The Labute approximate surface area is 135 Å². The molecule has 108 valence electrons. The summed E-state index contributed by atoms with van der Waals surface area (Å²) in [5.41, 5.74) is 0.865. The molecule has 0 radical (unpaired) electrons. The van der Waals surface area contributed by atoms with Crippen molar-refractivity contribution < 1.29 is 46.8 Å². The van der Waals surface area contributed by atoms with E-state index >= 15 is 0 Å². The van der Waals surface area contributed by atoms with E-state index in [-0.39, 0.29) is 30.4 Å². The van der Waals surface area contributed by atoms with Crippen LogP contribution in [0.5, 0.6) is 0 Å². The topological polar surface area (TPSA) is 72.9 Å². The number of imide groups is 1. The molecule has 2 rings (SSSR count). The summed E-state index contributed by atoms with van der Waals surface area (Å²) in [6.07, 6.45) is -0.270. The van der Waals surface area contributed by atoms with E-state index in [1.807, 2.05) is 0 Å². The van der Waals surface area contributed by atoms with Gasteiger partial charge in [0, 0.05) is 0 Å². The minimum atomic E-state index is -1.80. The van der Waals surface area contributed by atoms with Crippen LogP contribution in [0.15, 0.2) is 24.3 Å². The molecular formula is C14H15HgNO5. The normalized spacial score (nSPS) is 14.7. The average Bonchev–Trinajstić information content (AvgIpc) is 2.71. The van der Waals surface area contributed by atoms with Crippen LogP contribution in [0.25, 0.3) is 0 Å². The van der Waals surface area contributed by atoms with Crippen molar-refractivity contribution in [3.05, 3.63) is 35.4 Å². The van der Waals surface area contributed by atoms with E-state index in [2.05, 4.69) is 0 Å². The van der Waals surface area contributed by atoms with Gasteiger partial charge in [0.1, 0.15) is 0 Å². The maximum absolute atomic E-state index is 12.2. The number of amides is 2. The summed E-state index contributed by atoms with van der Waals surface area (Å²) in [5, 5.41) is 0. The molecule has 1 aromatic carbocycles. The van der Waals surface area contributed by atoms with Crippen LogP contribution in [-0.4, -0.2) is 42.4 Å². The number of nitrogens with zero attached hydrogens (tertiary/aromatic N) is 1. The second-order valence-corrected chi connectivity index (χ2v) is 9.71. The Balaban J connectivity index is 2.01. The molecule has 0 saturated heterocycles. The van der Waals surface area contributed by atoms with Crippen LogP contribution < -0.4 is 0 Å². The van der Waals surface area contributed by atoms with E-state index in [0.717, 1.165) is 0 Å². The van der Waals surface area contributed by atoms with Gasteiger partial charge in [0.15, 0.2) is 0 Å². The average molecular weight is 478 g/mol. The number of carbonyl (C=O) groups excluding carboxylic acids is 3. The van der Waals surface area contributed by atoms with Gasteiger partial charge in [0.25, 0.3) is 0 Å². The van der Waals surface area contributed by atoms with Gasteiger partial charge in [0.2, 0.25) is 0 Å². The molecule has 0 spiro atoms. The Kier molecular flexibility index (Phi) is 5.47. The monoisotopic (exact) mass is 479 g/mol. The summed E-state index contributed by atoms with van der Waals surface area (Å²) in [6, 6.07) is 6.77. The Morgan fingerprint density at radius 3 is 2.29 bits per heavy atom. The van der Waals surface area contributed by atoms with Crippen molar-refractivity contribution in [2.24, 2.45) is 0 Å². The Morgan fingerprint density at radius 1 is 1.24 bits per heavy atom. The molecule has 7 heteroatoms. The first-order chi connectivity index (χ1) is 10.0. The van der Waals surface area contributed by atoms with Gasteiger partial charge in [-0.05, 0) is 0 Å². The van der Waals surface area contributed by atoms with Crippen molar-refractivity contribution >= 4 is 17.8 Å². The van der Waals surface area contributed by atoms with Crippen molar-refractivity contribution in [2.75, 3.05) is 13.7 Å². The van der Waals surface area contributed by atoms with E-state index in [0.29, 0.717) is 15.1 Å². The first-order valence-corrected chi connectivity index (χ1v) is 12.8. The molecule has 6 nitrogen and oxygen atoms in total. The molecule has 0 N–H and O–H groups in total. The first kappa shape index (κ1) is 16.1. The van der Waals surface area contributed by atoms with Crippen LogP contribution in [0.3, 0.4) is 0 Å². The number of ether oxygens (including phenoxy) is 1. The molecule has 2 amide bonds. The van der Waals surface area contributed by atoms with Gasteiger partial charge >= 0.3 is 135 Å². The molecule has 21 heavy (non-hydrogen) atoms. The molecule has 1 aliphatic heterocycles. The van der Waals surface area contributed by atoms with E-state index in [1.165, 1.54) is 18.9 Å². The molecule has 1 aliphatic rings. The van der Waals surface area contributed by atoms with E-state index in [1.54, 1.807) is 24.3 Å². The minimum absolute atomic E-state index is 0.199. The van der Waals surface area contributed by atoms with Crippen molar-refractivity contribution in [2.45, 2.75) is 17.0 Å². The Hall–Kier alpha value is -1.27. The van der Waals surface area contributed by atoms with Gasteiger partial charge < -0.3 is 0 Å². The SMILES string of the molecule is COC([CH2][Hg][O]C(C)=O)CN1C(=O)c2ccccc2C1=O. The van der Waals surface area contributed by atoms with Crippen molar-refractivity contribution in [1.82, 2.24) is 4.90 Å². The number of hydrogen-bond donors (Lipinski definition) is 0. The Morgan fingerprint density at radius 2 is 1.81 bits per heavy atom. The fourth-order valence-corrected chi connectivity index (χ4v) is 6.45.